The number of aliphatic carboxylic acids is 1. The van der Waals surface area contributed by atoms with E-state index in [1.807, 2.05) is 19.9 Å². The lowest BCUT2D eigenvalue weighted by atomic mass is 9.92. The largest absolute Gasteiger partial charge is 0.480 e. The molecule has 0 saturated carbocycles. The number of hydrogen-bond acceptors (Lipinski definition) is 2. The van der Waals surface area contributed by atoms with Gasteiger partial charge in [0.15, 0.2) is 0 Å². The zero-order valence-electron chi connectivity index (χ0n) is 11.9. The van der Waals surface area contributed by atoms with Gasteiger partial charge in [0.2, 0.25) is 0 Å². The van der Waals surface area contributed by atoms with Crippen LogP contribution in [0.2, 0.25) is 0 Å². The summed E-state index contributed by atoms with van der Waals surface area (Å²) in [5.41, 5.74) is 1.24. The molecule has 0 heterocycles. The molecule has 0 aromatic heterocycles. The van der Waals surface area contributed by atoms with Crippen LogP contribution in [0.3, 0.4) is 0 Å². The van der Waals surface area contributed by atoms with Crippen LogP contribution < -0.4 is 5.32 Å². The number of rotatable bonds is 5. The minimum atomic E-state index is -1.19. The third kappa shape index (κ3) is 2.95. The Morgan fingerprint density at radius 3 is 2.26 bits per heavy atom. The molecular formula is C15H21NO3. The van der Waals surface area contributed by atoms with Crippen molar-refractivity contribution in [3.8, 4) is 0 Å². The monoisotopic (exact) mass is 263 g/mol. The normalized spacial score (nSPS) is 11.2. The molecule has 0 atom stereocenters. The first-order valence-electron chi connectivity index (χ1n) is 6.50. The smallest absolute Gasteiger partial charge is 0.329 e. The maximum absolute atomic E-state index is 12.3. The summed E-state index contributed by atoms with van der Waals surface area (Å²) in [6, 6.07) is 5.45. The van der Waals surface area contributed by atoms with Crippen LogP contribution >= 0.6 is 0 Å². The molecule has 1 aromatic rings. The summed E-state index contributed by atoms with van der Waals surface area (Å²) in [6.45, 7) is 7.32. The van der Waals surface area contributed by atoms with Crippen LogP contribution in [0.1, 0.15) is 48.2 Å². The molecule has 0 saturated heterocycles. The SMILES string of the molecule is CCC(CC)(NC(=O)c1cccc(C)c1C)C(=O)O. The number of aryl methyl sites for hydroxylation is 1. The summed E-state index contributed by atoms with van der Waals surface area (Å²) < 4.78 is 0. The van der Waals surface area contributed by atoms with Gasteiger partial charge in [-0.1, -0.05) is 26.0 Å². The molecule has 1 amide bonds. The molecule has 0 unspecified atom stereocenters. The van der Waals surface area contributed by atoms with Gasteiger partial charge in [0, 0.05) is 5.56 Å². The fourth-order valence-electron chi connectivity index (χ4n) is 2.06. The van der Waals surface area contributed by atoms with Crippen LogP contribution in [0.25, 0.3) is 0 Å². The van der Waals surface area contributed by atoms with Crippen molar-refractivity contribution in [3.63, 3.8) is 0 Å². The zero-order valence-corrected chi connectivity index (χ0v) is 11.9. The van der Waals surface area contributed by atoms with Crippen molar-refractivity contribution in [2.45, 2.75) is 46.1 Å². The van der Waals surface area contributed by atoms with Crippen LogP contribution in [0.15, 0.2) is 18.2 Å². The van der Waals surface area contributed by atoms with Crippen molar-refractivity contribution in [2.75, 3.05) is 0 Å². The first kappa shape index (κ1) is 15.2. The lowest BCUT2D eigenvalue weighted by Gasteiger charge is -2.28. The van der Waals surface area contributed by atoms with E-state index < -0.39 is 11.5 Å². The lowest BCUT2D eigenvalue weighted by Crippen LogP contribution is -2.53. The Morgan fingerprint density at radius 2 is 1.79 bits per heavy atom. The molecule has 104 valence electrons. The summed E-state index contributed by atoms with van der Waals surface area (Å²) >= 11 is 0. The predicted molar refractivity (Wildman–Crippen MR) is 74.3 cm³/mol. The van der Waals surface area contributed by atoms with Crippen LogP contribution in [-0.4, -0.2) is 22.5 Å². The minimum absolute atomic E-state index is 0.327. The van der Waals surface area contributed by atoms with Gasteiger partial charge < -0.3 is 10.4 Å². The van der Waals surface area contributed by atoms with Crippen molar-refractivity contribution < 1.29 is 14.7 Å². The minimum Gasteiger partial charge on any atom is -0.480 e. The molecular weight excluding hydrogens is 242 g/mol. The predicted octanol–water partition coefficient (Wildman–Crippen LogP) is 2.68. The van der Waals surface area contributed by atoms with Gasteiger partial charge in [-0.05, 0) is 43.9 Å². The van der Waals surface area contributed by atoms with Gasteiger partial charge in [-0.15, -0.1) is 0 Å². The molecule has 2 N–H and O–H groups in total. The Kier molecular flexibility index (Phi) is 4.70. The van der Waals surface area contributed by atoms with E-state index in [1.54, 1.807) is 26.0 Å². The molecule has 0 radical (unpaired) electrons. The highest BCUT2D eigenvalue weighted by Gasteiger charge is 2.36. The average molecular weight is 263 g/mol. The maximum atomic E-state index is 12.3. The molecule has 0 aliphatic carbocycles. The van der Waals surface area contributed by atoms with Crippen molar-refractivity contribution in [3.05, 3.63) is 34.9 Å². The molecule has 4 heteroatoms. The van der Waals surface area contributed by atoms with Gasteiger partial charge >= 0.3 is 5.97 Å². The van der Waals surface area contributed by atoms with E-state index in [4.69, 9.17) is 0 Å². The molecule has 0 bridgehead atoms. The van der Waals surface area contributed by atoms with E-state index in [9.17, 15) is 14.7 Å². The molecule has 0 fully saturated rings. The van der Waals surface area contributed by atoms with Crippen LogP contribution in [0, 0.1) is 13.8 Å². The number of carbonyl (C=O) groups excluding carboxylic acids is 1. The quantitative estimate of drug-likeness (QED) is 0.858. The Morgan fingerprint density at radius 1 is 1.21 bits per heavy atom. The molecule has 0 spiro atoms. The fraction of sp³-hybridized carbons (Fsp3) is 0.467. The number of nitrogens with one attached hydrogen (secondary N) is 1. The van der Waals surface area contributed by atoms with Gasteiger partial charge in [-0.2, -0.15) is 0 Å². The molecule has 1 rings (SSSR count). The lowest BCUT2D eigenvalue weighted by molar-refractivity contribution is -0.144. The summed E-state index contributed by atoms with van der Waals surface area (Å²) in [5.74, 6) is -1.32. The summed E-state index contributed by atoms with van der Waals surface area (Å²) in [6.07, 6.45) is 0.713. The molecule has 0 aliphatic rings. The number of carbonyl (C=O) groups is 2. The van der Waals surface area contributed by atoms with Gasteiger partial charge in [-0.25, -0.2) is 4.79 Å². The van der Waals surface area contributed by atoms with Gasteiger partial charge in [-0.3, -0.25) is 4.79 Å². The van der Waals surface area contributed by atoms with Crippen LogP contribution in [-0.2, 0) is 4.79 Å². The molecule has 0 aliphatic heterocycles. The highest BCUT2D eigenvalue weighted by Crippen LogP contribution is 2.18. The maximum Gasteiger partial charge on any atom is 0.329 e. The third-order valence-corrected chi connectivity index (χ3v) is 3.82. The second-order valence-corrected chi connectivity index (χ2v) is 4.80. The van der Waals surface area contributed by atoms with E-state index in [1.165, 1.54) is 0 Å². The number of carboxylic acids is 1. The second-order valence-electron chi connectivity index (χ2n) is 4.80. The molecule has 19 heavy (non-hydrogen) atoms. The fourth-order valence-corrected chi connectivity index (χ4v) is 2.06. The Hall–Kier alpha value is -1.84. The van der Waals surface area contributed by atoms with Gasteiger partial charge in [0.05, 0.1) is 0 Å². The first-order valence-corrected chi connectivity index (χ1v) is 6.50. The van der Waals surface area contributed by atoms with Gasteiger partial charge in [0.25, 0.3) is 5.91 Å². The Labute approximate surface area is 113 Å². The van der Waals surface area contributed by atoms with E-state index >= 15 is 0 Å². The molecule has 1 aromatic carbocycles. The van der Waals surface area contributed by atoms with Crippen molar-refractivity contribution in [2.24, 2.45) is 0 Å². The van der Waals surface area contributed by atoms with Crippen LogP contribution in [0.4, 0.5) is 0 Å². The Balaban J connectivity index is 3.08. The number of carboxylic acid groups (broad SMARTS) is 1. The highest BCUT2D eigenvalue weighted by molar-refractivity contribution is 5.99. The zero-order chi connectivity index (χ0) is 14.6. The summed E-state index contributed by atoms with van der Waals surface area (Å²) in [4.78, 5) is 23.7. The first-order chi connectivity index (χ1) is 8.88. The topological polar surface area (TPSA) is 66.4 Å². The summed E-state index contributed by atoms with van der Waals surface area (Å²) in [5, 5.41) is 12.0. The van der Waals surface area contributed by atoms with Crippen molar-refractivity contribution in [1.82, 2.24) is 5.32 Å². The number of amides is 1. The molecule has 4 nitrogen and oxygen atoms in total. The average Bonchev–Trinajstić information content (AvgIpc) is 2.38. The standard InChI is InChI=1S/C15H21NO3/c1-5-15(6-2,14(18)19)16-13(17)12-9-7-8-10(3)11(12)4/h7-9H,5-6H2,1-4H3,(H,16,17)(H,18,19). The highest BCUT2D eigenvalue weighted by atomic mass is 16.4. The number of benzene rings is 1. The number of hydrogen-bond donors (Lipinski definition) is 2. The van der Waals surface area contributed by atoms with E-state index in [0.717, 1.165) is 11.1 Å². The Bertz CT molecular complexity index is 490. The van der Waals surface area contributed by atoms with E-state index in [2.05, 4.69) is 5.32 Å². The van der Waals surface area contributed by atoms with Crippen molar-refractivity contribution in [1.29, 1.82) is 0 Å². The summed E-state index contributed by atoms with van der Waals surface area (Å²) in [7, 11) is 0. The van der Waals surface area contributed by atoms with E-state index in [0.29, 0.717) is 18.4 Å². The van der Waals surface area contributed by atoms with Crippen LogP contribution in [0.5, 0.6) is 0 Å². The van der Waals surface area contributed by atoms with E-state index in [-0.39, 0.29) is 5.91 Å². The second kappa shape index (κ2) is 5.87. The van der Waals surface area contributed by atoms with Gasteiger partial charge in [0.1, 0.15) is 5.54 Å². The third-order valence-electron chi connectivity index (χ3n) is 3.82. The van der Waals surface area contributed by atoms with Crippen molar-refractivity contribution >= 4 is 11.9 Å².